The van der Waals surface area contributed by atoms with Gasteiger partial charge in [0.05, 0.1) is 0 Å². The first kappa shape index (κ1) is 27.9. The topological polar surface area (TPSA) is 123 Å². The normalized spacial score (nSPS) is 42.1. The Hall–Kier alpha value is -3.37. The number of likely N-dealkylation sites (tertiary alicyclic amines) is 2. The van der Waals surface area contributed by atoms with Gasteiger partial charge in [0, 0.05) is 45.9 Å². The van der Waals surface area contributed by atoms with Crippen LogP contribution in [0.4, 0.5) is 0 Å². The molecular formula is C36H40N2O7. The fraction of sp³-hybridized carbons (Fsp3) is 0.528. The molecule has 4 N–H and O–H groups in total. The van der Waals surface area contributed by atoms with E-state index in [0.29, 0.717) is 29.5 Å². The second-order valence-electron chi connectivity index (χ2n) is 14.7. The molecule has 2 spiro atoms. The molecule has 10 atom stereocenters. The average Bonchev–Trinajstić information content (AvgIpc) is 3.57. The summed E-state index contributed by atoms with van der Waals surface area (Å²) in [5.41, 5.74) is 2.40. The number of phenolic OH excluding ortho intramolecular Hbond substituents is 2. The van der Waals surface area contributed by atoms with E-state index >= 15 is 0 Å². The maximum absolute atomic E-state index is 12.3. The molecule has 2 aromatic carbocycles. The third kappa shape index (κ3) is 3.20. The van der Waals surface area contributed by atoms with Gasteiger partial charge < -0.3 is 39.7 Å². The SMILES string of the molecule is CC(=O)[C@]1(O)C=C[C@H]2[C@H]3Cc4ccc(O)c5c4[C@@]2(CCN3C)[C@H]1O5.CN1CC[C@]23c4c5ccc(O)c4O[C@H]2[C@@H](O)C=C[C@H]3[C@H]1C5. The number of phenols is 2. The molecule has 45 heavy (non-hydrogen) atoms. The first-order valence-corrected chi connectivity index (χ1v) is 16.3. The van der Waals surface area contributed by atoms with Crippen LogP contribution in [0.5, 0.6) is 23.0 Å². The van der Waals surface area contributed by atoms with Gasteiger partial charge in [0.2, 0.25) is 0 Å². The Morgan fingerprint density at radius 2 is 1.38 bits per heavy atom. The van der Waals surface area contributed by atoms with Crippen molar-refractivity contribution < 1.29 is 34.7 Å². The highest BCUT2D eigenvalue weighted by Gasteiger charge is 2.69. The maximum atomic E-state index is 12.3. The first-order chi connectivity index (χ1) is 21.5. The van der Waals surface area contributed by atoms with Crippen LogP contribution in [-0.4, -0.2) is 99.2 Å². The van der Waals surface area contributed by atoms with E-state index in [0.717, 1.165) is 44.3 Å². The molecule has 2 saturated heterocycles. The summed E-state index contributed by atoms with van der Waals surface area (Å²) in [5.74, 6) is 1.62. The van der Waals surface area contributed by atoms with Crippen molar-refractivity contribution in [2.24, 2.45) is 11.8 Å². The number of carbonyl (C=O) groups excluding carboxylic acids is 1. The molecule has 4 aliphatic heterocycles. The van der Waals surface area contributed by atoms with Gasteiger partial charge in [-0.3, -0.25) is 4.79 Å². The van der Waals surface area contributed by atoms with Crippen LogP contribution in [-0.2, 0) is 28.5 Å². The minimum absolute atomic E-state index is 0.0968. The largest absolute Gasteiger partial charge is 0.504 e. The number of nitrogens with zero attached hydrogens (tertiary/aromatic N) is 2. The van der Waals surface area contributed by atoms with Gasteiger partial charge in [0.25, 0.3) is 0 Å². The molecule has 0 saturated carbocycles. The number of carbonyl (C=O) groups is 1. The van der Waals surface area contributed by atoms with E-state index in [1.54, 1.807) is 18.2 Å². The van der Waals surface area contributed by atoms with Crippen molar-refractivity contribution in [3.05, 3.63) is 70.8 Å². The summed E-state index contributed by atoms with van der Waals surface area (Å²) in [7, 11) is 4.32. The average molecular weight is 613 g/mol. The molecule has 0 radical (unpaired) electrons. The second-order valence-corrected chi connectivity index (χ2v) is 14.7. The number of hydrogen-bond acceptors (Lipinski definition) is 9. The van der Waals surface area contributed by atoms with Gasteiger partial charge in [-0.05, 0) is 89.1 Å². The fourth-order valence-electron chi connectivity index (χ4n) is 10.8. The smallest absolute Gasteiger partial charge is 0.178 e. The molecule has 10 rings (SSSR count). The van der Waals surface area contributed by atoms with Crippen molar-refractivity contribution in [3.63, 3.8) is 0 Å². The van der Waals surface area contributed by atoms with Crippen LogP contribution in [0.1, 0.15) is 42.0 Å². The standard InChI is InChI=1S/C19H21NO4.C17H19NO3/c1-10(21)19(23)6-5-12-13-9-11-3-4-14(22)16-15(11)18(12,17(19)24-16)7-8-20(13)2;1-18-7-6-17-10-3-5-13(20)16(17)21-15-12(19)4-2-9(14(15)17)8-11(10)18/h3-6,12-13,17,22-23H,7-9H2,1-2H3;2-5,10-11,13,16,19-20H,6-8H2,1H3/t12-,13+,17+,18-,19+;10-,11+,13-,16-,17-/m00/s1. The summed E-state index contributed by atoms with van der Waals surface area (Å²) < 4.78 is 12.2. The lowest BCUT2D eigenvalue weighted by atomic mass is 9.51. The maximum Gasteiger partial charge on any atom is 0.178 e. The lowest BCUT2D eigenvalue weighted by Gasteiger charge is -2.58. The number of likely N-dealkylation sites (N-methyl/N-ethyl adjacent to an activating group) is 2. The van der Waals surface area contributed by atoms with E-state index in [2.05, 4.69) is 30.0 Å². The van der Waals surface area contributed by atoms with E-state index in [1.807, 2.05) is 24.3 Å². The van der Waals surface area contributed by atoms with Crippen molar-refractivity contribution in [1.29, 1.82) is 0 Å². The van der Waals surface area contributed by atoms with Crippen molar-refractivity contribution in [2.45, 2.75) is 79.4 Å². The molecule has 2 aromatic rings. The van der Waals surface area contributed by atoms with Crippen LogP contribution in [0, 0.1) is 11.8 Å². The number of Topliss-reactive ketones (excluding diaryl/α,β-unsaturated/α-hetero) is 1. The number of piperidine rings is 2. The van der Waals surface area contributed by atoms with Crippen molar-refractivity contribution in [2.75, 3.05) is 27.2 Å². The van der Waals surface area contributed by atoms with Gasteiger partial charge >= 0.3 is 0 Å². The minimum atomic E-state index is -1.64. The number of ether oxygens (including phenoxy) is 2. The lowest BCUT2D eigenvalue weighted by Crippen LogP contribution is -2.69. The summed E-state index contributed by atoms with van der Waals surface area (Å²) in [6, 6.07) is 8.18. The molecule has 4 bridgehead atoms. The number of aliphatic hydroxyl groups is 2. The van der Waals surface area contributed by atoms with Crippen molar-refractivity contribution in [1.82, 2.24) is 9.80 Å². The van der Waals surface area contributed by atoms with Crippen molar-refractivity contribution in [3.8, 4) is 23.0 Å². The highest BCUT2D eigenvalue weighted by molar-refractivity contribution is 5.89. The number of rotatable bonds is 1. The van der Waals surface area contributed by atoms with Gasteiger partial charge in [0.15, 0.2) is 34.4 Å². The molecule has 4 heterocycles. The Balaban J connectivity index is 0.000000126. The monoisotopic (exact) mass is 612 g/mol. The molecule has 0 unspecified atom stereocenters. The van der Waals surface area contributed by atoms with E-state index in [9.17, 15) is 25.2 Å². The second kappa shape index (κ2) is 8.91. The number of aromatic hydroxyl groups is 2. The fourth-order valence-corrected chi connectivity index (χ4v) is 10.8. The summed E-state index contributed by atoms with van der Waals surface area (Å²) in [6.07, 6.45) is 9.85. The Morgan fingerprint density at radius 1 is 0.822 bits per heavy atom. The Labute approximate surface area is 262 Å². The van der Waals surface area contributed by atoms with Gasteiger partial charge in [0.1, 0.15) is 18.3 Å². The Kier molecular flexibility index (Phi) is 5.52. The van der Waals surface area contributed by atoms with Crippen LogP contribution in [0.2, 0.25) is 0 Å². The lowest BCUT2D eigenvalue weighted by molar-refractivity contribution is -0.148. The van der Waals surface area contributed by atoms with Crippen LogP contribution in [0.3, 0.4) is 0 Å². The van der Waals surface area contributed by atoms with Crippen molar-refractivity contribution >= 4 is 5.78 Å². The Morgan fingerprint density at radius 3 is 2.00 bits per heavy atom. The van der Waals surface area contributed by atoms with Gasteiger partial charge in [-0.1, -0.05) is 30.4 Å². The summed E-state index contributed by atoms with van der Waals surface area (Å²) in [5, 5.41) is 42.1. The first-order valence-electron chi connectivity index (χ1n) is 16.3. The molecule has 8 aliphatic rings. The van der Waals surface area contributed by atoms with E-state index in [-0.39, 0.29) is 34.7 Å². The highest BCUT2D eigenvalue weighted by atomic mass is 16.5. The van der Waals surface area contributed by atoms with E-state index in [1.165, 1.54) is 23.6 Å². The zero-order valence-electron chi connectivity index (χ0n) is 25.8. The molecule has 9 heteroatoms. The quantitative estimate of drug-likeness (QED) is 0.360. The molecule has 2 fully saturated rings. The third-order valence-corrected chi connectivity index (χ3v) is 12.9. The zero-order chi connectivity index (χ0) is 31.2. The summed E-state index contributed by atoms with van der Waals surface area (Å²) in [6.45, 7) is 3.30. The van der Waals surface area contributed by atoms with Crippen LogP contribution < -0.4 is 9.47 Å². The third-order valence-electron chi connectivity index (χ3n) is 12.9. The summed E-state index contributed by atoms with van der Waals surface area (Å²) in [4.78, 5) is 17.1. The van der Waals surface area contributed by atoms with Crippen LogP contribution >= 0.6 is 0 Å². The number of benzene rings is 2. The highest BCUT2D eigenvalue weighted by Crippen LogP contribution is 2.64. The van der Waals surface area contributed by atoms with Gasteiger partial charge in [-0.2, -0.15) is 0 Å². The molecular weight excluding hydrogens is 572 g/mol. The van der Waals surface area contributed by atoms with Gasteiger partial charge in [-0.25, -0.2) is 0 Å². The van der Waals surface area contributed by atoms with Crippen LogP contribution in [0.25, 0.3) is 0 Å². The number of ketones is 1. The number of aliphatic hydroxyl groups excluding tert-OH is 1. The molecule has 4 aliphatic carbocycles. The Bertz CT molecular complexity index is 1720. The minimum Gasteiger partial charge on any atom is -0.504 e. The summed E-state index contributed by atoms with van der Waals surface area (Å²) >= 11 is 0. The van der Waals surface area contributed by atoms with E-state index < -0.39 is 23.2 Å². The predicted octanol–water partition coefficient (Wildman–Crippen LogP) is 2.36. The van der Waals surface area contributed by atoms with Crippen LogP contribution in [0.15, 0.2) is 48.6 Å². The van der Waals surface area contributed by atoms with Gasteiger partial charge in [-0.15, -0.1) is 0 Å². The number of hydrogen-bond donors (Lipinski definition) is 4. The predicted molar refractivity (Wildman–Crippen MR) is 165 cm³/mol. The molecule has 0 amide bonds. The molecule has 236 valence electrons. The zero-order valence-corrected chi connectivity index (χ0v) is 25.8. The molecule has 9 nitrogen and oxygen atoms in total. The molecule has 0 aromatic heterocycles. The van der Waals surface area contributed by atoms with E-state index in [4.69, 9.17) is 9.47 Å².